The van der Waals surface area contributed by atoms with Gasteiger partial charge in [-0.1, -0.05) is 6.92 Å². The number of ketones is 1. The Kier molecular flexibility index (Phi) is 4.44. The van der Waals surface area contributed by atoms with Crippen molar-refractivity contribution < 1.29 is 15.0 Å². The van der Waals surface area contributed by atoms with Gasteiger partial charge in [0.1, 0.15) is 11.9 Å². The Hall–Kier alpha value is -2.12. The van der Waals surface area contributed by atoms with E-state index in [-0.39, 0.29) is 5.76 Å². The second kappa shape index (κ2) is 5.83. The van der Waals surface area contributed by atoms with E-state index in [2.05, 4.69) is 0 Å². The fourth-order valence-electron chi connectivity index (χ4n) is 1.23. The van der Waals surface area contributed by atoms with Crippen molar-refractivity contribution in [1.82, 2.24) is 0 Å². The standard InChI is InChI=1S/C13H13NO3/c1-2-11(15)13(17)7-12(16)10-5-3-9(8-14)4-6-10/h3-7,11,15-16H,2H2,1H3. The number of nitriles is 1. The Labute approximate surface area is 99.4 Å². The molecule has 1 atom stereocenters. The molecule has 0 fully saturated rings. The highest BCUT2D eigenvalue weighted by Crippen LogP contribution is 2.13. The molecule has 4 heteroatoms. The highest BCUT2D eigenvalue weighted by molar-refractivity contribution is 5.98. The molecule has 0 spiro atoms. The van der Waals surface area contributed by atoms with Gasteiger partial charge in [-0.15, -0.1) is 0 Å². The molecule has 0 heterocycles. The van der Waals surface area contributed by atoms with Crippen LogP contribution >= 0.6 is 0 Å². The molecule has 0 amide bonds. The zero-order chi connectivity index (χ0) is 12.8. The summed E-state index contributed by atoms with van der Waals surface area (Å²) in [6.07, 6.45) is 0.210. The van der Waals surface area contributed by atoms with Gasteiger partial charge in [0.2, 0.25) is 0 Å². The topological polar surface area (TPSA) is 81.3 Å². The van der Waals surface area contributed by atoms with E-state index in [1.165, 1.54) is 12.1 Å². The van der Waals surface area contributed by atoms with Crippen LogP contribution in [0.4, 0.5) is 0 Å². The second-order valence-electron chi connectivity index (χ2n) is 3.55. The van der Waals surface area contributed by atoms with Crippen molar-refractivity contribution in [1.29, 1.82) is 5.26 Å². The van der Waals surface area contributed by atoms with Crippen molar-refractivity contribution in [3.8, 4) is 6.07 Å². The minimum atomic E-state index is -1.09. The molecule has 4 nitrogen and oxygen atoms in total. The molecule has 1 aromatic carbocycles. The first-order valence-electron chi connectivity index (χ1n) is 5.21. The second-order valence-corrected chi connectivity index (χ2v) is 3.55. The minimum Gasteiger partial charge on any atom is -0.507 e. The summed E-state index contributed by atoms with van der Waals surface area (Å²) in [4.78, 5) is 11.3. The number of benzene rings is 1. The molecule has 0 saturated heterocycles. The molecule has 2 N–H and O–H groups in total. The number of hydrogen-bond donors (Lipinski definition) is 2. The Bertz CT molecular complexity index is 468. The van der Waals surface area contributed by atoms with Gasteiger partial charge < -0.3 is 10.2 Å². The SMILES string of the molecule is CCC(O)C(=O)C=C(O)c1ccc(C#N)cc1. The Balaban J connectivity index is 2.89. The number of aliphatic hydroxyl groups is 2. The first-order chi connectivity index (χ1) is 8.08. The predicted molar refractivity (Wildman–Crippen MR) is 63.1 cm³/mol. The van der Waals surface area contributed by atoms with E-state index in [1.54, 1.807) is 19.1 Å². The molecule has 0 aliphatic rings. The van der Waals surface area contributed by atoms with Crippen molar-refractivity contribution >= 4 is 11.5 Å². The van der Waals surface area contributed by atoms with Crippen molar-refractivity contribution in [3.05, 3.63) is 41.5 Å². The number of carbonyl (C=O) groups is 1. The Morgan fingerprint density at radius 1 is 1.47 bits per heavy atom. The van der Waals surface area contributed by atoms with E-state index in [9.17, 15) is 15.0 Å². The lowest BCUT2D eigenvalue weighted by molar-refractivity contribution is -0.122. The first-order valence-corrected chi connectivity index (χ1v) is 5.21. The largest absolute Gasteiger partial charge is 0.507 e. The van der Waals surface area contributed by atoms with Crippen LogP contribution in [0.2, 0.25) is 0 Å². The van der Waals surface area contributed by atoms with Crippen LogP contribution < -0.4 is 0 Å². The summed E-state index contributed by atoms with van der Waals surface area (Å²) in [6.45, 7) is 1.68. The molecule has 0 aliphatic heterocycles. The maximum atomic E-state index is 11.3. The lowest BCUT2D eigenvalue weighted by Gasteiger charge is -2.04. The lowest BCUT2D eigenvalue weighted by Crippen LogP contribution is -2.16. The van der Waals surface area contributed by atoms with E-state index in [0.717, 1.165) is 6.08 Å². The third-order valence-corrected chi connectivity index (χ3v) is 2.30. The van der Waals surface area contributed by atoms with Crippen LogP contribution in [0.3, 0.4) is 0 Å². The van der Waals surface area contributed by atoms with Crippen LogP contribution in [0.5, 0.6) is 0 Å². The van der Waals surface area contributed by atoms with Crippen LogP contribution in [0.15, 0.2) is 30.3 Å². The maximum Gasteiger partial charge on any atom is 0.187 e. The monoisotopic (exact) mass is 231 g/mol. The quantitative estimate of drug-likeness (QED) is 0.611. The Morgan fingerprint density at radius 3 is 2.53 bits per heavy atom. The number of nitrogens with zero attached hydrogens (tertiary/aromatic N) is 1. The van der Waals surface area contributed by atoms with Crippen molar-refractivity contribution in [2.45, 2.75) is 19.4 Å². The molecule has 0 aromatic heterocycles. The molecule has 0 saturated carbocycles. The summed E-state index contributed by atoms with van der Waals surface area (Å²) in [5.74, 6) is -0.749. The highest BCUT2D eigenvalue weighted by atomic mass is 16.3. The van der Waals surface area contributed by atoms with Crippen molar-refractivity contribution in [2.24, 2.45) is 0 Å². The maximum absolute atomic E-state index is 11.3. The Morgan fingerprint density at radius 2 is 2.06 bits per heavy atom. The van der Waals surface area contributed by atoms with Gasteiger partial charge in [-0.05, 0) is 30.7 Å². The molecule has 1 rings (SSSR count). The molecule has 1 unspecified atom stereocenters. The molecule has 1 aromatic rings. The summed E-state index contributed by atoms with van der Waals surface area (Å²) in [6, 6.07) is 8.11. The van der Waals surface area contributed by atoms with E-state index in [1.807, 2.05) is 6.07 Å². The van der Waals surface area contributed by atoms with Gasteiger partial charge in [0.25, 0.3) is 0 Å². The highest BCUT2D eigenvalue weighted by Gasteiger charge is 2.11. The van der Waals surface area contributed by atoms with Gasteiger partial charge in [-0.25, -0.2) is 0 Å². The zero-order valence-corrected chi connectivity index (χ0v) is 9.42. The summed E-state index contributed by atoms with van der Waals surface area (Å²) in [5, 5.41) is 27.5. The first kappa shape index (κ1) is 12.9. The molecular formula is C13H13NO3. The van der Waals surface area contributed by atoms with E-state index in [4.69, 9.17) is 5.26 Å². The summed E-state index contributed by atoms with van der Waals surface area (Å²) >= 11 is 0. The summed E-state index contributed by atoms with van der Waals surface area (Å²) in [5.41, 5.74) is 0.905. The van der Waals surface area contributed by atoms with Crippen molar-refractivity contribution in [3.63, 3.8) is 0 Å². The number of hydrogen-bond acceptors (Lipinski definition) is 4. The lowest BCUT2D eigenvalue weighted by atomic mass is 10.1. The van der Waals surface area contributed by atoms with Gasteiger partial charge in [0.05, 0.1) is 11.6 Å². The van der Waals surface area contributed by atoms with E-state index in [0.29, 0.717) is 17.5 Å². The third-order valence-electron chi connectivity index (χ3n) is 2.30. The van der Waals surface area contributed by atoms with E-state index >= 15 is 0 Å². The number of carbonyl (C=O) groups excluding carboxylic acids is 1. The van der Waals surface area contributed by atoms with Crippen LogP contribution in [0.25, 0.3) is 5.76 Å². The van der Waals surface area contributed by atoms with Gasteiger partial charge in [0, 0.05) is 11.6 Å². The van der Waals surface area contributed by atoms with Crippen LogP contribution in [-0.4, -0.2) is 22.1 Å². The third kappa shape index (κ3) is 3.44. The fourth-order valence-corrected chi connectivity index (χ4v) is 1.23. The van der Waals surface area contributed by atoms with Gasteiger partial charge in [-0.3, -0.25) is 4.79 Å². The minimum absolute atomic E-state index is 0.216. The van der Waals surface area contributed by atoms with Gasteiger partial charge in [-0.2, -0.15) is 5.26 Å². The van der Waals surface area contributed by atoms with Gasteiger partial charge in [0.15, 0.2) is 5.78 Å². The van der Waals surface area contributed by atoms with Crippen LogP contribution in [0, 0.1) is 11.3 Å². The molecule has 88 valence electrons. The predicted octanol–water partition coefficient (Wildman–Crippen LogP) is 1.80. The molecule has 0 bridgehead atoms. The van der Waals surface area contributed by atoms with Crippen LogP contribution in [0.1, 0.15) is 24.5 Å². The van der Waals surface area contributed by atoms with Gasteiger partial charge >= 0.3 is 0 Å². The fraction of sp³-hybridized carbons (Fsp3) is 0.231. The van der Waals surface area contributed by atoms with Crippen molar-refractivity contribution in [2.75, 3.05) is 0 Å². The molecule has 0 aliphatic carbocycles. The number of aliphatic hydroxyl groups excluding tert-OH is 2. The normalized spacial score (nSPS) is 12.9. The summed E-state index contributed by atoms with van der Waals surface area (Å²) < 4.78 is 0. The average Bonchev–Trinajstić information content (AvgIpc) is 2.37. The average molecular weight is 231 g/mol. The van der Waals surface area contributed by atoms with Crippen LogP contribution in [-0.2, 0) is 4.79 Å². The smallest absolute Gasteiger partial charge is 0.187 e. The molecule has 17 heavy (non-hydrogen) atoms. The van der Waals surface area contributed by atoms with E-state index < -0.39 is 11.9 Å². The molecule has 0 radical (unpaired) electrons. The summed E-state index contributed by atoms with van der Waals surface area (Å²) in [7, 11) is 0. The molecular weight excluding hydrogens is 218 g/mol. The number of rotatable bonds is 4. The zero-order valence-electron chi connectivity index (χ0n) is 9.42.